The Hall–Kier alpha value is -3.28. The monoisotopic (exact) mass is 352 g/mol. The molecule has 0 aliphatic rings. The fourth-order valence-electron chi connectivity index (χ4n) is 2.57. The van der Waals surface area contributed by atoms with Gasteiger partial charge >= 0.3 is 0 Å². The summed E-state index contributed by atoms with van der Waals surface area (Å²) >= 11 is 0. The molecule has 0 saturated carbocycles. The van der Waals surface area contributed by atoms with E-state index in [-0.39, 0.29) is 11.6 Å². The second-order valence-electron chi connectivity index (χ2n) is 5.66. The molecule has 1 N–H and O–H groups in total. The predicted molar refractivity (Wildman–Crippen MR) is 97.4 cm³/mol. The van der Waals surface area contributed by atoms with Crippen molar-refractivity contribution >= 4 is 5.91 Å². The number of oxazole rings is 1. The average Bonchev–Trinajstić information content (AvgIpc) is 3.08. The zero-order chi connectivity index (χ0) is 18.5. The van der Waals surface area contributed by atoms with Crippen molar-refractivity contribution < 1.29 is 18.7 Å². The Bertz CT molecular complexity index is 903. The molecule has 3 aromatic rings. The van der Waals surface area contributed by atoms with Crippen LogP contribution in [0.4, 0.5) is 0 Å². The number of carbonyl (C=O) groups excluding carboxylic acids is 1. The van der Waals surface area contributed by atoms with Crippen molar-refractivity contribution in [3.05, 3.63) is 65.5 Å². The number of aryl methyl sites for hydroxylation is 1. The Labute approximate surface area is 151 Å². The number of ether oxygens (including phenoxy) is 2. The molecule has 1 amide bonds. The molecule has 6 heteroatoms. The van der Waals surface area contributed by atoms with Crippen molar-refractivity contribution in [3.8, 4) is 23.0 Å². The minimum Gasteiger partial charge on any atom is -0.493 e. The van der Waals surface area contributed by atoms with E-state index in [2.05, 4.69) is 10.3 Å². The van der Waals surface area contributed by atoms with Crippen LogP contribution in [-0.4, -0.2) is 25.1 Å². The first-order chi connectivity index (χ1) is 12.6. The van der Waals surface area contributed by atoms with Gasteiger partial charge in [0.1, 0.15) is 5.76 Å². The van der Waals surface area contributed by atoms with Crippen LogP contribution in [0.1, 0.15) is 21.8 Å². The standard InChI is InChI=1S/C20H20N2O4/c1-13-18(22-20(26-13)15-7-5-4-6-8-15)19(23)21-12-14-9-10-16(24-2)17(11-14)25-3/h4-11H,12H2,1-3H3,(H,21,23). The minimum absolute atomic E-state index is 0.282. The highest BCUT2D eigenvalue weighted by molar-refractivity contribution is 5.93. The molecule has 26 heavy (non-hydrogen) atoms. The number of benzene rings is 2. The number of methoxy groups -OCH3 is 2. The van der Waals surface area contributed by atoms with E-state index in [0.717, 1.165) is 11.1 Å². The van der Waals surface area contributed by atoms with E-state index in [1.54, 1.807) is 27.2 Å². The molecule has 0 aliphatic carbocycles. The zero-order valence-electron chi connectivity index (χ0n) is 14.9. The Balaban J connectivity index is 1.72. The molecule has 3 rings (SSSR count). The lowest BCUT2D eigenvalue weighted by atomic mass is 10.2. The van der Waals surface area contributed by atoms with E-state index in [0.29, 0.717) is 29.7 Å². The van der Waals surface area contributed by atoms with Crippen LogP contribution >= 0.6 is 0 Å². The Morgan fingerprint density at radius 1 is 1.08 bits per heavy atom. The predicted octanol–water partition coefficient (Wildman–Crippen LogP) is 3.60. The van der Waals surface area contributed by atoms with Gasteiger partial charge in [0.25, 0.3) is 5.91 Å². The van der Waals surface area contributed by atoms with E-state index in [9.17, 15) is 4.79 Å². The Morgan fingerprint density at radius 2 is 1.81 bits per heavy atom. The highest BCUT2D eigenvalue weighted by Gasteiger charge is 2.18. The summed E-state index contributed by atoms with van der Waals surface area (Å²) in [6, 6.07) is 15.0. The minimum atomic E-state index is -0.289. The van der Waals surface area contributed by atoms with Crippen LogP contribution in [0.15, 0.2) is 52.9 Å². The van der Waals surface area contributed by atoms with Crippen LogP contribution in [0.5, 0.6) is 11.5 Å². The summed E-state index contributed by atoms with van der Waals surface area (Å²) in [5, 5.41) is 2.85. The van der Waals surface area contributed by atoms with Crippen molar-refractivity contribution in [2.45, 2.75) is 13.5 Å². The molecule has 0 bridgehead atoms. The molecule has 0 unspecified atom stereocenters. The lowest BCUT2D eigenvalue weighted by Gasteiger charge is -2.10. The van der Waals surface area contributed by atoms with Gasteiger partial charge in [-0.2, -0.15) is 0 Å². The van der Waals surface area contributed by atoms with Crippen molar-refractivity contribution in [2.75, 3.05) is 14.2 Å². The van der Waals surface area contributed by atoms with E-state index in [1.165, 1.54) is 0 Å². The zero-order valence-corrected chi connectivity index (χ0v) is 14.9. The molecule has 0 spiro atoms. The maximum atomic E-state index is 12.5. The van der Waals surface area contributed by atoms with Crippen LogP contribution in [0, 0.1) is 6.92 Å². The number of carbonyl (C=O) groups is 1. The van der Waals surface area contributed by atoms with Gasteiger partial charge in [-0.15, -0.1) is 0 Å². The maximum Gasteiger partial charge on any atom is 0.273 e. The van der Waals surface area contributed by atoms with Crippen LogP contribution in [0.25, 0.3) is 11.5 Å². The summed E-state index contributed by atoms with van der Waals surface area (Å²) < 4.78 is 16.1. The number of nitrogens with one attached hydrogen (secondary N) is 1. The number of hydrogen-bond donors (Lipinski definition) is 1. The molecule has 1 aromatic heterocycles. The van der Waals surface area contributed by atoms with E-state index in [1.807, 2.05) is 42.5 Å². The van der Waals surface area contributed by atoms with Gasteiger partial charge in [-0.1, -0.05) is 24.3 Å². The van der Waals surface area contributed by atoms with Gasteiger partial charge < -0.3 is 19.2 Å². The van der Waals surface area contributed by atoms with Crippen molar-refractivity contribution in [3.63, 3.8) is 0 Å². The van der Waals surface area contributed by atoms with Crippen LogP contribution in [0.3, 0.4) is 0 Å². The highest BCUT2D eigenvalue weighted by Crippen LogP contribution is 2.27. The highest BCUT2D eigenvalue weighted by atomic mass is 16.5. The quantitative estimate of drug-likeness (QED) is 0.734. The SMILES string of the molecule is COc1ccc(CNC(=O)c2nc(-c3ccccc3)oc2C)cc1OC. The lowest BCUT2D eigenvalue weighted by molar-refractivity contribution is 0.0945. The number of nitrogens with zero attached hydrogens (tertiary/aromatic N) is 1. The lowest BCUT2D eigenvalue weighted by Crippen LogP contribution is -2.23. The van der Waals surface area contributed by atoms with Gasteiger partial charge in [0.2, 0.25) is 5.89 Å². The van der Waals surface area contributed by atoms with E-state index in [4.69, 9.17) is 13.9 Å². The summed E-state index contributed by atoms with van der Waals surface area (Å²) in [4.78, 5) is 16.8. The third-order valence-corrected chi connectivity index (χ3v) is 3.93. The molecule has 0 atom stereocenters. The smallest absolute Gasteiger partial charge is 0.273 e. The summed E-state index contributed by atoms with van der Waals surface area (Å²) in [7, 11) is 3.15. The van der Waals surface area contributed by atoms with Gasteiger partial charge in [-0.05, 0) is 36.8 Å². The molecule has 2 aromatic carbocycles. The fraction of sp³-hybridized carbons (Fsp3) is 0.200. The molecular formula is C20H20N2O4. The van der Waals surface area contributed by atoms with Crippen LogP contribution in [-0.2, 0) is 6.54 Å². The molecular weight excluding hydrogens is 332 g/mol. The second kappa shape index (κ2) is 7.74. The van der Waals surface area contributed by atoms with Gasteiger partial charge in [0.15, 0.2) is 17.2 Å². The number of rotatable bonds is 6. The summed E-state index contributed by atoms with van der Waals surface area (Å²) in [5.74, 6) is 1.88. The largest absolute Gasteiger partial charge is 0.493 e. The topological polar surface area (TPSA) is 73.6 Å². The van der Waals surface area contributed by atoms with Gasteiger partial charge in [0.05, 0.1) is 14.2 Å². The molecule has 0 aliphatic heterocycles. The van der Waals surface area contributed by atoms with Gasteiger partial charge in [0, 0.05) is 12.1 Å². The summed E-state index contributed by atoms with van der Waals surface area (Å²) in [6.45, 7) is 2.07. The third-order valence-electron chi connectivity index (χ3n) is 3.93. The molecule has 1 heterocycles. The molecule has 0 fully saturated rings. The average molecular weight is 352 g/mol. The number of aromatic nitrogens is 1. The molecule has 6 nitrogen and oxygen atoms in total. The molecule has 0 radical (unpaired) electrons. The molecule has 134 valence electrons. The number of amides is 1. The summed E-state index contributed by atoms with van der Waals surface area (Å²) in [5.41, 5.74) is 2.00. The third kappa shape index (κ3) is 3.69. The summed E-state index contributed by atoms with van der Waals surface area (Å²) in [6.07, 6.45) is 0. The Kier molecular flexibility index (Phi) is 5.22. The number of hydrogen-bond acceptors (Lipinski definition) is 5. The van der Waals surface area contributed by atoms with Gasteiger partial charge in [-0.3, -0.25) is 4.79 Å². The van der Waals surface area contributed by atoms with E-state index >= 15 is 0 Å². The van der Waals surface area contributed by atoms with E-state index < -0.39 is 0 Å². The van der Waals surface area contributed by atoms with Gasteiger partial charge in [-0.25, -0.2) is 4.98 Å². The first-order valence-electron chi connectivity index (χ1n) is 8.14. The molecule has 0 saturated heterocycles. The van der Waals surface area contributed by atoms with Crippen LogP contribution in [0.2, 0.25) is 0 Å². The second-order valence-corrected chi connectivity index (χ2v) is 5.66. The van der Waals surface area contributed by atoms with Crippen molar-refractivity contribution in [1.82, 2.24) is 10.3 Å². The maximum absolute atomic E-state index is 12.5. The van der Waals surface area contributed by atoms with Crippen molar-refractivity contribution in [1.29, 1.82) is 0 Å². The first kappa shape index (κ1) is 17.5. The van der Waals surface area contributed by atoms with Crippen LogP contribution < -0.4 is 14.8 Å². The van der Waals surface area contributed by atoms with Crippen molar-refractivity contribution in [2.24, 2.45) is 0 Å². The normalized spacial score (nSPS) is 10.4. The Morgan fingerprint density at radius 3 is 2.50 bits per heavy atom. The first-order valence-corrected chi connectivity index (χ1v) is 8.14. The fourth-order valence-corrected chi connectivity index (χ4v) is 2.57.